The molecule has 0 aromatic heterocycles. The number of aromatic hydroxyl groups is 1. The van der Waals surface area contributed by atoms with Crippen molar-refractivity contribution in [3.05, 3.63) is 29.8 Å². The number of primary amides is 1. The molecular formula is C22H33N5O7S. The zero-order chi connectivity index (χ0) is 26.5. The maximum absolute atomic E-state index is 12.9. The molecule has 9 N–H and O–H groups in total. The van der Waals surface area contributed by atoms with Crippen LogP contribution in [0.15, 0.2) is 24.3 Å². The number of rotatable bonds is 15. The number of benzene rings is 1. The van der Waals surface area contributed by atoms with Crippen molar-refractivity contribution in [3.8, 4) is 5.75 Å². The lowest BCUT2D eigenvalue weighted by molar-refractivity contribution is -0.142. The van der Waals surface area contributed by atoms with Crippen LogP contribution in [0.1, 0.15) is 31.7 Å². The van der Waals surface area contributed by atoms with Gasteiger partial charge in [-0.3, -0.25) is 19.2 Å². The van der Waals surface area contributed by atoms with Crippen molar-refractivity contribution in [2.45, 2.75) is 56.8 Å². The topological polar surface area (TPSA) is 214 Å². The van der Waals surface area contributed by atoms with E-state index >= 15 is 0 Å². The molecule has 194 valence electrons. The molecule has 4 amide bonds. The van der Waals surface area contributed by atoms with Crippen LogP contribution in [-0.4, -0.2) is 76.0 Å². The first-order valence-corrected chi connectivity index (χ1v) is 12.3. The average Bonchev–Trinajstić information content (AvgIpc) is 2.79. The number of hydrogen-bond donors (Lipinski definition) is 7. The molecule has 0 heterocycles. The fourth-order valence-electron chi connectivity index (χ4n) is 2.98. The van der Waals surface area contributed by atoms with Gasteiger partial charge in [0.1, 0.15) is 23.9 Å². The first-order valence-electron chi connectivity index (χ1n) is 10.9. The zero-order valence-corrected chi connectivity index (χ0v) is 20.5. The molecule has 13 heteroatoms. The van der Waals surface area contributed by atoms with Crippen LogP contribution in [0, 0.1) is 0 Å². The summed E-state index contributed by atoms with van der Waals surface area (Å²) in [6, 6.07) is 1.41. The molecule has 1 rings (SSSR count). The van der Waals surface area contributed by atoms with Gasteiger partial charge in [0.15, 0.2) is 0 Å². The molecule has 0 bridgehead atoms. The van der Waals surface area contributed by atoms with Crippen molar-refractivity contribution in [1.29, 1.82) is 0 Å². The van der Waals surface area contributed by atoms with Gasteiger partial charge in [-0.05, 0) is 49.5 Å². The Bertz CT molecular complexity index is 895. The summed E-state index contributed by atoms with van der Waals surface area (Å²) >= 11 is 1.42. The van der Waals surface area contributed by atoms with Gasteiger partial charge in [-0.1, -0.05) is 12.1 Å². The van der Waals surface area contributed by atoms with E-state index in [1.807, 2.05) is 0 Å². The monoisotopic (exact) mass is 511 g/mol. The number of carboxylic acid groups (broad SMARTS) is 1. The lowest BCUT2D eigenvalue weighted by atomic mass is 10.0. The maximum Gasteiger partial charge on any atom is 0.326 e. The maximum atomic E-state index is 12.9. The number of carboxylic acids is 1. The minimum Gasteiger partial charge on any atom is -0.508 e. The van der Waals surface area contributed by atoms with Crippen molar-refractivity contribution in [1.82, 2.24) is 16.0 Å². The third-order valence-corrected chi connectivity index (χ3v) is 5.60. The van der Waals surface area contributed by atoms with E-state index in [2.05, 4.69) is 16.0 Å². The highest BCUT2D eigenvalue weighted by Crippen LogP contribution is 2.12. The molecule has 0 spiro atoms. The quantitative estimate of drug-likeness (QED) is 0.151. The standard InChI is InChI=1S/C22H33N5O7S/c1-12(23)19(30)25-15(7-8-18(24)29)20(31)26-16(9-10-35-2)21(32)27-17(22(33)34)11-13-3-5-14(28)6-4-13/h3-6,12,15-17,28H,7-11,23H2,1-2H3,(H2,24,29)(H,25,30)(H,26,31)(H,27,32)(H,33,34). The second kappa shape index (κ2) is 14.8. The van der Waals surface area contributed by atoms with Gasteiger partial charge in [-0.2, -0.15) is 11.8 Å². The van der Waals surface area contributed by atoms with Gasteiger partial charge in [0.05, 0.1) is 6.04 Å². The second-order valence-electron chi connectivity index (χ2n) is 7.97. The summed E-state index contributed by atoms with van der Waals surface area (Å²) < 4.78 is 0. The summed E-state index contributed by atoms with van der Waals surface area (Å²) in [7, 11) is 0. The fourth-order valence-corrected chi connectivity index (χ4v) is 3.45. The average molecular weight is 512 g/mol. The van der Waals surface area contributed by atoms with Crippen LogP contribution in [0.4, 0.5) is 0 Å². The molecule has 1 aromatic rings. The molecule has 4 atom stereocenters. The van der Waals surface area contributed by atoms with Crippen molar-refractivity contribution < 1.29 is 34.2 Å². The number of carbonyl (C=O) groups excluding carboxylic acids is 4. The number of aliphatic carboxylic acids is 1. The van der Waals surface area contributed by atoms with Gasteiger partial charge in [0.2, 0.25) is 23.6 Å². The summed E-state index contributed by atoms with van der Waals surface area (Å²) in [6.45, 7) is 1.42. The zero-order valence-electron chi connectivity index (χ0n) is 19.7. The molecule has 0 radical (unpaired) electrons. The van der Waals surface area contributed by atoms with Crippen molar-refractivity contribution in [2.75, 3.05) is 12.0 Å². The molecule has 1 aromatic carbocycles. The second-order valence-corrected chi connectivity index (χ2v) is 8.95. The number of hydrogen-bond acceptors (Lipinski definition) is 8. The number of carbonyl (C=O) groups is 5. The fraction of sp³-hybridized carbons (Fsp3) is 0.500. The normalized spacial score (nSPS) is 14.1. The number of nitrogens with two attached hydrogens (primary N) is 2. The molecule has 0 aliphatic heterocycles. The van der Waals surface area contributed by atoms with Gasteiger partial charge in [0.25, 0.3) is 0 Å². The van der Waals surface area contributed by atoms with Crippen LogP contribution in [0.5, 0.6) is 5.75 Å². The van der Waals surface area contributed by atoms with E-state index in [9.17, 15) is 34.2 Å². The number of amides is 4. The molecule has 0 aliphatic carbocycles. The first kappa shape index (κ1) is 29.7. The Morgan fingerprint density at radius 3 is 1.91 bits per heavy atom. The summed E-state index contributed by atoms with van der Waals surface area (Å²) in [4.78, 5) is 60.8. The van der Waals surface area contributed by atoms with E-state index in [0.717, 1.165) is 0 Å². The molecule has 12 nitrogen and oxygen atoms in total. The molecule has 0 saturated carbocycles. The molecular weight excluding hydrogens is 478 g/mol. The number of nitrogens with one attached hydrogen (secondary N) is 3. The van der Waals surface area contributed by atoms with Crippen LogP contribution in [0.25, 0.3) is 0 Å². The highest BCUT2D eigenvalue weighted by molar-refractivity contribution is 7.98. The molecule has 4 unspecified atom stereocenters. The minimum absolute atomic E-state index is 0.0199. The van der Waals surface area contributed by atoms with Gasteiger partial charge in [0, 0.05) is 12.8 Å². The SMILES string of the molecule is CSCCC(NC(=O)C(CCC(N)=O)NC(=O)C(C)N)C(=O)NC(Cc1ccc(O)cc1)C(=O)O. The van der Waals surface area contributed by atoms with E-state index in [1.54, 1.807) is 6.26 Å². The van der Waals surface area contributed by atoms with Gasteiger partial charge in [-0.15, -0.1) is 0 Å². The predicted octanol–water partition coefficient (Wildman–Crippen LogP) is -1.16. The molecule has 0 saturated heterocycles. The highest BCUT2D eigenvalue weighted by Gasteiger charge is 2.30. The first-order chi connectivity index (χ1) is 16.4. The van der Waals surface area contributed by atoms with E-state index in [4.69, 9.17) is 11.5 Å². The van der Waals surface area contributed by atoms with Crippen LogP contribution in [-0.2, 0) is 30.4 Å². The van der Waals surface area contributed by atoms with E-state index in [0.29, 0.717) is 11.3 Å². The molecule has 35 heavy (non-hydrogen) atoms. The minimum atomic E-state index is -1.29. The van der Waals surface area contributed by atoms with E-state index < -0.39 is 53.8 Å². The Kier molecular flexibility index (Phi) is 12.6. The number of phenolic OH excluding ortho intramolecular Hbond substituents is 1. The van der Waals surface area contributed by atoms with Crippen molar-refractivity contribution in [2.24, 2.45) is 11.5 Å². The summed E-state index contributed by atoms with van der Waals surface area (Å²) in [5.74, 6) is -3.52. The third kappa shape index (κ3) is 11.1. The Labute approximate surface area is 207 Å². The van der Waals surface area contributed by atoms with Crippen LogP contribution in [0.2, 0.25) is 0 Å². The third-order valence-electron chi connectivity index (χ3n) is 4.96. The lowest BCUT2D eigenvalue weighted by Crippen LogP contribution is -2.57. The number of thioether (sulfide) groups is 1. The Morgan fingerprint density at radius 2 is 1.43 bits per heavy atom. The summed E-state index contributed by atoms with van der Waals surface area (Å²) in [6.07, 6.45) is 1.66. The van der Waals surface area contributed by atoms with Crippen molar-refractivity contribution in [3.63, 3.8) is 0 Å². The van der Waals surface area contributed by atoms with E-state index in [1.165, 1.54) is 43.0 Å². The number of phenols is 1. The Morgan fingerprint density at radius 1 is 0.914 bits per heavy atom. The van der Waals surface area contributed by atoms with Gasteiger partial charge in [-0.25, -0.2) is 4.79 Å². The molecule has 0 fully saturated rings. The molecule has 0 aliphatic rings. The summed E-state index contributed by atoms with van der Waals surface area (Å²) in [5, 5.41) is 26.4. The largest absolute Gasteiger partial charge is 0.508 e. The smallest absolute Gasteiger partial charge is 0.326 e. The predicted molar refractivity (Wildman–Crippen MR) is 130 cm³/mol. The van der Waals surface area contributed by atoms with Gasteiger partial charge >= 0.3 is 5.97 Å². The van der Waals surface area contributed by atoms with Crippen LogP contribution >= 0.6 is 11.8 Å². The van der Waals surface area contributed by atoms with Crippen LogP contribution < -0.4 is 27.4 Å². The van der Waals surface area contributed by atoms with E-state index in [-0.39, 0.29) is 31.4 Å². The van der Waals surface area contributed by atoms with Crippen molar-refractivity contribution >= 4 is 41.4 Å². The Hall–Kier alpha value is -3.32. The summed E-state index contributed by atoms with van der Waals surface area (Å²) in [5.41, 5.74) is 11.3. The lowest BCUT2D eigenvalue weighted by Gasteiger charge is -2.25. The van der Waals surface area contributed by atoms with Crippen LogP contribution in [0.3, 0.4) is 0 Å². The Balaban J connectivity index is 2.98. The highest BCUT2D eigenvalue weighted by atomic mass is 32.2. The van der Waals surface area contributed by atoms with Gasteiger partial charge < -0.3 is 37.6 Å².